The van der Waals surface area contributed by atoms with E-state index in [0.717, 1.165) is 5.56 Å². The highest BCUT2D eigenvalue weighted by Gasteiger charge is 2.19. The van der Waals surface area contributed by atoms with E-state index in [1.807, 2.05) is 0 Å². The third-order valence-corrected chi connectivity index (χ3v) is 5.35. The zero-order valence-corrected chi connectivity index (χ0v) is 19.3. The zero-order valence-electron chi connectivity index (χ0n) is 17.7. The molecule has 170 valence electrons. The number of carboxylic acids is 1. The molecule has 0 unspecified atom stereocenters. The van der Waals surface area contributed by atoms with E-state index >= 15 is 0 Å². The van der Waals surface area contributed by atoms with Crippen LogP contribution in [0.15, 0.2) is 57.2 Å². The van der Waals surface area contributed by atoms with Crippen molar-refractivity contribution >= 4 is 39.8 Å². The number of phenols is 1. The van der Waals surface area contributed by atoms with Gasteiger partial charge >= 0.3 is 5.97 Å². The predicted octanol–water partition coefficient (Wildman–Crippen LogP) is 3.55. The van der Waals surface area contributed by atoms with Crippen molar-refractivity contribution < 1.29 is 29.1 Å². The second kappa shape index (κ2) is 10.1. The van der Waals surface area contributed by atoms with Gasteiger partial charge in [0.25, 0.3) is 11.8 Å². The fourth-order valence-electron chi connectivity index (χ4n) is 2.97. The molecule has 0 radical (unpaired) electrons. The van der Waals surface area contributed by atoms with Crippen LogP contribution in [0, 0.1) is 13.8 Å². The van der Waals surface area contributed by atoms with Crippen LogP contribution in [0.2, 0.25) is 0 Å². The van der Waals surface area contributed by atoms with Crippen molar-refractivity contribution in [2.24, 2.45) is 0 Å². The number of hydrogen-bond acceptors (Lipinski definition) is 6. The van der Waals surface area contributed by atoms with Gasteiger partial charge in [0.05, 0.1) is 11.3 Å². The molecule has 0 atom stereocenters. The summed E-state index contributed by atoms with van der Waals surface area (Å²) in [6.45, 7) is 3.50. The van der Waals surface area contributed by atoms with Gasteiger partial charge in [0.15, 0.2) is 0 Å². The summed E-state index contributed by atoms with van der Waals surface area (Å²) in [4.78, 5) is 36.8. The van der Waals surface area contributed by atoms with E-state index in [4.69, 9.17) is 4.52 Å². The lowest BCUT2D eigenvalue weighted by Crippen LogP contribution is -2.28. The number of carboxylic acid groups (broad SMARTS) is 1. The molecular weight excluding hydrogens is 494 g/mol. The van der Waals surface area contributed by atoms with E-state index in [0.29, 0.717) is 27.1 Å². The Bertz CT molecular complexity index is 1250. The summed E-state index contributed by atoms with van der Waals surface area (Å²) >= 11 is 3.27. The number of amides is 2. The normalized spacial score (nSPS) is 11.2. The van der Waals surface area contributed by atoms with Crippen LogP contribution in [0.3, 0.4) is 0 Å². The number of nitrogens with zero attached hydrogens (tertiary/aromatic N) is 1. The number of rotatable bonds is 7. The number of aryl methyl sites for hydroxylation is 2. The number of aliphatic carboxylic acids is 1. The molecule has 1 aromatic heterocycles. The Balaban J connectivity index is 1.73. The van der Waals surface area contributed by atoms with Crippen LogP contribution >= 0.6 is 15.9 Å². The van der Waals surface area contributed by atoms with Gasteiger partial charge in [-0.25, -0.2) is 4.79 Å². The van der Waals surface area contributed by atoms with Crippen LogP contribution in [0.5, 0.6) is 5.75 Å². The third kappa shape index (κ3) is 5.86. The number of carbonyl (C=O) groups excluding carboxylic acids is 2. The molecule has 2 aromatic carbocycles. The Morgan fingerprint density at radius 2 is 1.88 bits per heavy atom. The summed E-state index contributed by atoms with van der Waals surface area (Å²) < 4.78 is 5.33. The summed E-state index contributed by atoms with van der Waals surface area (Å²) in [6.07, 6.45) is 1.28. The van der Waals surface area contributed by atoms with Gasteiger partial charge < -0.3 is 25.4 Å². The molecule has 0 bridgehead atoms. The van der Waals surface area contributed by atoms with Gasteiger partial charge in [-0.15, -0.1) is 0 Å². The van der Waals surface area contributed by atoms with E-state index in [1.54, 1.807) is 32.0 Å². The minimum Gasteiger partial charge on any atom is -0.508 e. The summed E-state index contributed by atoms with van der Waals surface area (Å²) in [5, 5.41) is 27.9. The van der Waals surface area contributed by atoms with Crippen molar-refractivity contribution in [2.75, 3.05) is 0 Å². The second-order valence-electron chi connectivity index (χ2n) is 7.10. The molecule has 10 heteroatoms. The maximum Gasteiger partial charge on any atom is 0.352 e. The molecule has 0 aliphatic rings. The number of halogens is 1. The number of phenolic OH excluding ortho intramolecular Hbond substituents is 1. The molecule has 0 saturated carbocycles. The second-order valence-corrected chi connectivity index (χ2v) is 7.96. The molecule has 0 aliphatic heterocycles. The average Bonchev–Trinajstić information content (AvgIpc) is 3.08. The molecule has 33 heavy (non-hydrogen) atoms. The largest absolute Gasteiger partial charge is 0.508 e. The van der Waals surface area contributed by atoms with Crippen molar-refractivity contribution in [1.29, 1.82) is 0 Å². The van der Waals surface area contributed by atoms with Gasteiger partial charge in [-0.3, -0.25) is 9.59 Å². The fourth-order valence-corrected chi connectivity index (χ4v) is 3.53. The summed E-state index contributed by atoms with van der Waals surface area (Å²) in [5.74, 6) is -1.86. The molecule has 0 aliphatic carbocycles. The minimum atomic E-state index is -1.33. The number of hydrogen-bond donors (Lipinski definition) is 4. The molecule has 0 saturated heterocycles. The molecule has 3 aromatic rings. The number of nitrogens with one attached hydrogen (secondary N) is 2. The van der Waals surface area contributed by atoms with Crippen molar-refractivity contribution in [3.8, 4) is 5.75 Å². The van der Waals surface area contributed by atoms with Gasteiger partial charge in [-0.05, 0) is 71.7 Å². The smallest absolute Gasteiger partial charge is 0.352 e. The number of benzene rings is 2. The Kier molecular flexibility index (Phi) is 7.29. The predicted molar refractivity (Wildman–Crippen MR) is 122 cm³/mol. The van der Waals surface area contributed by atoms with Crippen molar-refractivity contribution in [1.82, 2.24) is 15.8 Å². The highest BCUT2D eigenvalue weighted by molar-refractivity contribution is 9.10. The molecule has 3 rings (SSSR count). The summed E-state index contributed by atoms with van der Waals surface area (Å²) in [5.41, 5.74) is 1.76. The van der Waals surface area contributed by atoms with E-state index in [-0.39, 0.29) is 29.5 Å². The van der Waals surface area contributed by atoms with Crippen LogP contribution < -0.4 is 10.6 Å². The molecule has 4 N–H and O–H groups in total. The van der Waals surface area contributed by atoms with Crippen LogP contribution in [0.1, 0.15) is 43.3 Å². The lowest BCUT2D eigenvalue weighted by Gasteiger charge is -2.10. The van der Waals surface area contributed by atoms with Crippen LogP contribution in [0.25, 0.3) is 6.08 Å². The third-order valence-electron chi connectivity index (χ3n) is 4.70. The highest BCUT2D eigenvalue weighted by atomic mass is 79.9. The van der Waals surface area contributed by atoms with Gasteiger partial charge in [0, 0.05) is 22.1 Å². The fraction of sp³-hybridized carbons (Fsp3) is 0.130. The first-order valence-corrected chi connectivity index (χ1v) is 10.5. The molecule has 2 amide bonds. The molecule has 0 fully saturated rings. The first kappa shape index (κ1) is 23.7. The number of aromatic hydroxyl groups is 1. The van der Waals surface area contributed by atoms with Gasteiger partial charge in [0.2, 0.25) is 0 Å². The Hall–Kier alpha value is -3.92. The maximum absolute atomic E-state index is 12.7. The molecule has 1 heterocycles. The Labute approximate surface area is 197 Å². The van der Waals surface area contributed by atoms with Gasteiger partial charge in [-0.1, -0.05) is 17.3 Å². The molecule has 9 nitrogen and oxygen atoms in total. The quantitative estimate of drug-likeness (QED) is 0.354. The van der Waals surface area contributed by atoms with E-state index in [1.165, 1.54) is 30.3 Å². The maximum atomic E-state index is 12.7. The van der Waals surface area contributed by atoms with E-state index < -0.39 is 11.9 Å². The molecular formula is C23H20BrN3O6. The first-order chi connectivity index (χ1) is 15.7. The van der Waals surface area contributed by atoms with Gasteiger partial charge in [0.1, 0.15) is 17.2 Å². The van der Waals surface area contributed by atoms with Gasteiger partial charge in [-0.2, -0.15) is 0 Å². The highest BCUT2D eigenvalue weighted by Crippen LogP contribution is 2.21. The van der Waals surface area contributed by atoms with Crippen LogP contribution in [-0.4, -0.2) is 33.2 Å². The lowest BCUT2D eigenvalue weighted by atomic mass is 10.1. The van der Waals surface area contributed by atoms with E-state index in [9.17, 15) is 24.6 Å². The van der Waals surface area contributed by atoms with Crippen molar-refractivity contribution in [3.63, 3.8) is 0 Å². The summed E-state index contributed by atoms with van der Waals surface area (Å²) in [7, 11) is 0. The topological polar surface area (TPSA) is 142 Å². The van der Waals surface area contributed by atoms with Crippen molar-refractivity contribution in [2.45, 2.75) is 20.4 Å². The van der Waals surface area contributed by atoms with Crippen LogP contribution in [0.4, 0.5) is 0 Å². The number of carbonyl (C=O) groups is 3. The Morgan fingerprint density at radius 1 is 1.12 bits per heavy atom. The first-order valence-electron chi connectivity index (χ1n) is 9.70. The van der Waals surface area contributed by atoms with Crippen LogP contribution in [-0.2, 0) is 11.3 Å². The average molecular weight is 514 g/mol. The lowest BCUT2D eigenvalue weighted by molar-refractivity contribution is -0.132. The van der Waals surface area contributed by atoms with E-state index in [2.05, 4.69) is 31.7 Å². The molecule has 0 spiro atoms. The number of aromatic nitrogens is 1. The zero-order chi connectivity index (χ0) is 24.1. The SMILES string of the molecule is Cc1noc(C)c1/C=C(/NC(=O)c1ccc(C(=O)NCc2cccc(O)c2)cc1Br)C(=O)O. The van der Waals surface area contributed by atoms with Crippen molar-refractivity contribution in [3.05, 3.63) is 86.3 Å². The standard InChI is InChI=1S/C23H20BrN3O6/c1-12-18(13(2)33-27-12)10-20(23(31)32)26-22(30)17-7-6-15(9-19(17)24)21(29)25-11-14-4-3-5-16(28)8-14/h3-10,28H,11H2,1-2H3,(H,25,29)(H,26,30)(H,31,32)/b20-10+. The monoisotopic (exact) mass is 513 g/mol. The minimum absolute atomic E-state index is 0.101. The summed E-state index contributed by atoms with van der Waals surface area (Å²) in [6, 6.07) is 10.8. The Morgan fingerprint density at radius 3 is 2.48 bits per heavy atom.